The summed E-state index contributed by atoms with van der Waals surface area (Å²) < 4.78 is 26.8. The minimum absolute atomic E-state index is 0.247. The van der Waals surface area contributed by atoms with Gasteiger partial charge in [0.2, 0.25) is 10.0 Å². The summed E-state index contributed by atoms with van der Waals surface area (Å²) in [5.74, 6) is 0. The molecule has 1 aromatic heterocycles. The molecule has 1 atom stereocenters. The van der Waals surface area contributed by atoms with Gasteiger partial charge in [-0.1, -0.05) is 0 Å². The molecular weight excluding hydrogens is 240 g/mol. The molecule has 3 N–H and O–H groups in total. The van der Waals surface area contributed by atoms with Crippen molar-refractivity contribution in [3.63, 3.8) is 0 Å². The van der Waals surface area contributed by atoms with E-state index in [0.717, 1.165) is 19.4 Å². The number of nitrogens with one attached hydrogen (secondary N) is 3. The number of aromatic nitrogens is 2. The van der Waals surface area contributed by atoms with Crippen molar-refractivity contribution < 1.29 is 8.42 Å². The summed E-state index contributed by atoms with van der Waals surface area (Å²) in [4.78, 5) is 0.274. The van der Waals surface area contributed by atoms with Crippen LogP contribution in [-0.4, -0.2) is 37.7 Å². The molecule has 1 fully saturated rings. The Bertz CT molecular complexity index is 469. The van der Waals surface area contributed by atoms with Crippen molar-refractivity contribution in [2.45, 2.75) is 37.6 Å². The van der Waals surface area contributed by atoms with Crippen molar-refractivity contribution in [3.8, 4) is 0 Å². The van der Waals surface area contributed by atoms with Gasteiger partial charge in [-0.05, 0) is 33.2 Å². The Balaban J connectivity index is 2.08. The van der Waals surface area contributed by atoms with Crippen LogP contribution in [0.5, 0.6) is 0 Å². The first-order valence-electron chi connectivity index (χ1n) is 5.75. The fraction of sp³-hybridized carbons (Fsp3) is 0.700. The molecule has 0 aliphatic carbocycles. The van der Waals surface area contributed by atoms with Crippen molar-refractivity contribution >= 4 is 10.0 Å². The monoisotopic (exact) mass is 258 g/mol. The summed E-state index contributed by atoms with van der Waals surface area (Å²) in [7, 11) is -3.45. The number of rotatable bonds is 4. The Morgan fingerprint density at radius 2 is 2.24 bits per heavy atom. The number of aryl methyl sites for hydroxylation is 2. The molecule has 2 heterocycles. The minimum Gasteiger partial charge on any atom is -0.313 e. The minimum atomic E-state index is -3.45. The van der Waals surface area contributed by atoms with Crippen molar-refractivity contribution in [1.29, 1.82) is 0 Å². The molecule has 0 saturated carbocycles. The normalized spacial score (nSPS) is 20.9. The van der Waals surface area contributed by atoms with E-state index in [4.69, 9.17) is 0 Å². The second-order valence-corrected chi connectivity index (χ2v) is 6.11. The van der Waals surface area contributed by atoms with E-state index in [1.807, 2.05) is 0 Å². The summed E-state index contributed by atoms with van der Waals surface area (Å²) in [6.45, 7) is 4.80. The zero-order valence-corrected chi connectivity index (χ0v) is 10.9. The number of nitrogens with zero attached hydrogens (tertiary/aromatic N) is 1. The molecule has 6 nitrogen and oxygen atoms in total. The second-order valence-electron chi connectivity index (χ2n) is 4.41. The van der Waals surface area contributed by atoms with Gasteiger partial charge in [-0.15, -0.1) is 0 Å². The summed E-state index contributed by atoms with van der Waals surface area (Å²) in [5, 5.41) is 9.84. The lowest BCUT2D eigenvalue weighted by molar-refractivity contribution is 0.551. The summed E-state index contributed by atoms with van der Waals surface area (Å²) in [5.41, 5.74) is 1.09. The van der Waals surface area contributed by atoms with Crippen LogP contribution in [0, 0.1) is 13.8 Å². The highest BCUT2D eigenvalue weighted by Gasteiger charge is 2.24. The van der Waals surface area contributed by atoms with E-state index < -0.39 is 10.0 Å². The number of hydrogen-bond acceptors (Lipinski definition) is 4. The highest BCUT2D eigenvalue weighted by Crippen LogP contribution is 2.16. The van der Waals surface area contributed by atoms with Crippen LogP contribution in [0.4, 0.5) is 0 Å². The molecule has 0 aromatic carbocycles. The first-order chi connectivity index (χ1) is 8.00. The van der Waals surface area contributed by atoms with Crippen LogP contribution in [0.3, 0.4) is 0 Å². The molecule has 0 bridgehead atoms. The maximum Gasteiger partial charge on any atom is 0.244 e. The van der Waals surface area contributed by atoms with Crippen LogP contribution in [0.2, 0.25) is 0 Å². The zero-order valence-electron chi connectivity index (χ0n) is 10.1. The van der Waals surface area contributed by atoms with E-state index in [0.29, 0.717) is 17.9 Å². The van der Waals surface area contributed by atoms with Crippen molar-refractivity contribution in [3.05, 3.63) is 11.4 Å². The predicted octanol–water partition coefficient (Wildman–Crippen LogP) is 0.0568. The topological polar surface area (TPSA) is 86.9 Å². The van der Waals surface area contributed by atoms with Crippen LogP contribution in [0.15, 0.2) is 4.90 Å². The SMILES string of the molecule is Cc1n[nH]c(C)c1S(=O)(=O)NC[C@H]1CCCN1. The third-order valence-electron chi connectivity index (χ3n) is 3.01. The molecule has 7 heteroatoms. The first-order valence-corrected chi connectivity index (χ1v) is 7.23. The molecule has 17 heavy (non-hydrogen) atoms. The van der Waals surface area contributed by atoms with Gasteiger partial charge in [0.15, 0.2) is 0 Å². The van der Waals surface area contributed by atoms with Crippen LogP contribution in [-0.2, 0) is 10.0 Å². The van der Waals surface area contributed by atoms with Crippen LogP contribution < -0.4 is 10.0 Å². The fourth-order valence-corrected chi connectivity index (χ4v) is 3.60. The Kier molecular flexibility index (Phi) is 3.50. The van der Waals surface area contributed by atoms with Crippen molar-refractivity contribution in [1.82, 2.24) is 20.2 Å². The molecule has 0 unspecified atom stereocenters. The Morgan fingerprint density at radius 1 is 1.47 bits per heavy atom. The zero-order chi connectivity index (χ0) is 12.5. The van der Waals surface area contributed by atoms with E-state index in [1.165, 1.54) is 0 Å². The lowest BCUT2D eigenvalue weighted by Gasteiger charge is -2.12. The van der Waals surface area contributed by atoms with Gasteiger partial charge in [-0.2, -0.15) is 5.10 Å². The quantitative estimate of drug-likeness (QED) is 0.712. The number of hydrogen-bond donors (Lipinski definition) is 3. The molecule has 0 spiro atoms. The van der Waals surface area contributed by atoms with E-state index in [-0.39, 0.29) is 10.9 Å². The van der Waals surface area contributed by atoms with Gasteiger partial charge >= 0.3 is 0 Å². The fourth-order valence-electron chi connectivity index (χ4n) is 2.15. The van der Waals surface area contributed by atoms with Gasteiger partial charge < -0.3 is 5.32 Å². The van der Waals surface area contributed by atoms with Gasteiger partial charge in [0.1, 0.15) is 4.90 Å². The molecule has 1 saturated heterocycles. The van der Waals surface area contributed by atoms with Crippen LogP contribution >= 0.6 is 0 Å². The van der Waals surface area contributed by atoms with Crippen LogP contribution in [0.1, 0.15) is 24.2 Å². The van der Waals surface area contributed by atoms with Crippen molar-refractivity contribution in [2.24, 2.45) is 0 Å². The average Bonchev–Trinajstić information content (AvgIpc) is 2.86. The molecule has 1 aliphatic rings. The smallest absolute Gasteiger partial charge is 0.244 e. The summed E-state index contributed by atoms with van der Waals surface area (Å²) in [6, 6.07) is 0.247. The summed E-state index contributed by atoms with van der Waals surface area (Å²) in [6.07, 6.45) is 2.13. The maximum absolute atomic E-state index is 12.1. The highest BCUT2D eigenvalue weighted by molar-refractivity contribution is 7.89. The van der Waals surface area contributed by atoms with E-state index in [9.17, 15) is 8.42 Å². The lowest BCUT2D eigenvalue weighted by Crippen LogP contribution is -2.37. The van der Waals surface area contributed by atoms with Crippen molar-refractivity contribution in [2.75, 3.05) is 13.1 Å². The van der Waals surface area contributed by atoms with E-state index in [2.05, 4.69) is 20.2 Å². The second kappa shape index (κ2) is 4.75. The Morgan fingerprint density at radius 3 is 2.76 bits per heavy atom. The first kappa shape index (κ1) is 12.5. The molecule has 1 aromatic rings. The van der Waals surface area contributed by atoms with Gasteiger partial charge in [-0.25, -0.2) is 13.1 Å². The average molecular weight is 258 g/mol. The molecule has 1 aliphatic heterocycles. The maximum atomic E-state index is 12.1. The third kappa shape index (κ3) is 2.67. The van der Waals surface area contributed by atoms with Crippen LogP contribution in [0.25, 0.3) is 0 Å². The largest absolute Gasteiger partial charge is 0.313 e. The molecule has 0 amide bonds. The third-order valence-corrected chi connectivity index (χ3v) is 4.70. The van der Waals surface area contributed by atoms with Gasteiger partial charge in [0, 0.05) is 12.6 Å². The number of sulfonamides is 1. The lowest BCUT2D eigenvalue weighted by atomic mass is 10.2. The number of aromatic amines is 1. The van der Waals surface area contributed by atoms with Gasteiger partial charge in [0.05, 0.1) is 11.4 Å². The molecule has 96 valence electrons. The highest BCUT2D eigenvalue weighted by atomic mass is 32.2. The molecular formula is C10H18N4O2S. The Hall–Kier alpha value is -0.920. The van der Waals surface area contributed by atoms with E-state index in [1.54, 1.807) is 13.8 Å². The summed E-state index contributed by atoms with van der Waals surface area (Å²) >= 11 is 0. The van der Waals surface area contributed by atoms with Gasteiger partial charge in [0.25, 0.3) is 0 Å². The van der Waals surface area contributed by atoms with E-state index >= 15 is 0 Å². The number of H-pyrrole nitrogens is 1. The van der Waals surface area contributed by atoms with Gasteiger partial charge in [-0.3, -0.25) is 5.10 Å². The Labute approximate surface area is 101 Å². The predicted molar refractivity (Wildman–Crippen MR) is 64.3 cm³/mol. The molecule has 0 radical (unpaired) electrons. The molecule has 2 rings (SSSR count). The standard InChI is InChI=1S/C10H18N4O2S/c1-7-10(8(2)14-13-7)17(15,16)12-6-9-4-3-5-11-9/h9,11-12H,3-6H2,1-2H3,(H,13,14)/t9-/m1/s1.